The third-order valence-corrected chi connectivity index (χ3v) is 4.11. The Balaban J connectivity index is 2.28. The molecule has 0 fully saturated rings. The van der Waals surface area contributed by atoms with Gasteiger partial charge in [0.2, 0.25) is 0 Å². The zero-order valence-electron chi connectivity index (χ0n) is 13.1. The largest absolute Gasteiger partial charge is 0.494 e. The number of nitrogens with one attached hydrogen (secondary N) is 1. The number of likely N-dealkylation sites (N-methyl/N-ethyl adjacent to an activating group) is 1. The van der Waals surface area contributed by atoms with Crippen molar-refractivity contribution in [2.75, 3.05) is 13.7 Å². The Labute approximate surface area is 127 Å². The van der Waals surface area contributed by atoms with E-state index in [4.69, 9.17) is 4.74 Å². The number of allylic oxidation sites excluding steroid dienone is 1. The standard InChI is InChI=1S/C18H26FNO/c1-3-20-18(14-9-7-5-4-6-8-10-14)15-11-12-16(19)17(13-15)21-2/h9,11-13,18,20H,3-8,10H2,1-2H3/b14-9+. The molecule has 0 amide bonds. The number of hydrogen-bond donors (Lipinski definition) is 1. The van der Waals surface area contributed by atoms with Gasteiger partial charge in [0.25, 0.3) is 0 Å². The minimum atomic E-state index is -0.303. The van der Waals surface area contributed by atoms with Crippen molar-refractivity contribution in [2.45, 2.75) is 51.5 Å². The van der Waals surface area contributed by atoms with Crippen LogP contribution < -0.4 is 10.1 Å². The first-order chi connectivity index (χ1) is 10.3. The molecule has 0 saturated carbocycles. The van der Waals surface area contributed by atoms with E-state index in [0.29, 0.717) is 5.75 Å². The lowest BCUT2D eigenvalue weighted by atomic mass is 9.90. The first-order valence-corrected chi connectivity index (χ1v) is 8.02. The van der Waals surface area contributed by atoms with E-state index in [1.807, 2.05) is 12.1 Å². The van der Waals surface area contributed by atoms with Gasteiger partial charge < -0.3 is 10.1 Å². The second-order valence-corrected chi connectivity index (χ2v) is 5.62. The van der Waals surface area contributed by atoms with Crippen molar-refractivity contribution in [3.05, 3.63) is 41.2 Å². The van der Waals surface area contributed by atoms with Gasteiger partial charge in [0.1, 0.15) is 0 Å². The van der Waals surface area contributed by atoms with Gasteiger partial charge in [-0.05, 0) is 49.9 Å². The van der Waals surface area contributed by atoms with Crippen molar-refractivity contribution < 1.29 is 9.13 Å². The van der Waals surface area contributed by atoms with Crippen LogP contribution in [-0.4, -0.2) is 13.7 Å². The summed E-state index contributed by atoms with van der Waals surface area (Å²) in [5.41, 5.74) is 2.52. The molecule has 0 radical (unpaired) electrons. The van der Waals surface area contributed by atoms with Crippen molar-refractivity contribution in [3.8, 4) is 5.75 Å². The summed E-state index contributed by atoms with van der Waals surface area (Å²) < 4.78 is 18.7. The van der Waals surface area contributed by atoms with Crippen molar-refractivity contribution in [1.29, 1.82) is 0 Å². The first kappa shape index (κ1) is 16.0. The molecular weight excluding hydrogens is 265 g/mol. The van der Waals surface area contributed by atoms with E-state index in [-0.39, 0.29) is 11.9 Å². The summed E-state index contributed by atoms with van der Waals surface area (Å²) in [6.07, 6.45) is 9.80. The fourth-order valence-electron chi connectivity index (χ4n) is 3.00. The van der Waals surface area contributed by atoms with Crippen LogP contribution in [-0.2, 0) is 0 Å². The maximum absolute atomic E-state index is 13.6. The lowest BCUT2D eigenvalue weighted by Gasteiger charge is -2.24. The van der Waals surface area contributed by atoms with Crippen LogP contribution in [0.2, 0.25) is 0 Å². The van der Waals surface area contributed by atoms with Crippen LogP contribution in [0.3, 0.4) is 0 Å². The number of halogens is 1. The highest BCUT2D eigenvalue weighted by molar-refractivity contribution is 5.36. The molecule has 3 heteroatoms. The van der Waals surface area contributed by atoms with Crippen LogP contribution in [0.25, 0.3) is 0 Å². The molecule has 1 aliphatic carbocycles. The number of methoxy groups -OCH3 is 1. The van der Waals surface area contributed by atoms with Gasteiger partial charge in [0.15, 0.2) is 11.6 Å². The minimum absolute atomic E-state index is 0.169. The topological polar surface area (TPSA) is 21.3 Å². The molecule has 1 aromatic carbocycles. The summed E-state index contributed by atoms with van der Waals surface area (Å²) in [7, 11) is 1.51. The fourth-order valence-corrected chi connectivity index (χ4v) is 3.00. The maximum Gasteiger partial charge on any atom is 0.165 e. The Morgan fingerprint density at radius 2 is 2.05 bits per heavy atom. The highest BCUT2D eigenvalue weighted by Crippen LogP contribution is 2.31. The zero-order valence-corrected chi connectivity index (χ0v) is 13.1. The molecule has 0 spiro atoms. The van der Waals surface area contributed by atoms with Crippen molar-refractivity contribution >= 4 is 0 Å². The third kappa shape index (κ3) is 4.31. The van der Waals surface area contributed by atoms with Gasteiger partial charge >= 0.3 is 0 Å². The van der Waals surface area contributed by atoms with E-state index in [1.54, 1.807) is 0 Å². The van der Waals surface area contributed by atoms with Crippen LogP contribution in [0.5, 0.6) is 5.75 Å². The van der Waals surface area contributed by atoms with Gasteiger partial charge in [-0.3, -0.25) is 0 Å². The molecule has 1 atom stereocenters. The van der Waals surface area contributed by atoms with Crippen molar-refractivity contribution in [3.63, 3.8) is 0 Å². The number of hydrogen-bond acceptors (Lipinski definition) is 2. The van der Waals surface area contributed by atoms with Gasteiger partial charge in [-0.1, -0.05) is 37.5 Å². The predicted octanol–water partition coefficient (Wildman–Crippen LogP) is 4.77. The summed E-state index contributed by atoms with van der Waals surface area (Å²) in [6, 6.07) is 5.36. The molecule has 2 rings (SSSR count). The normalized spacial score (nSPS) is 20.0. The van der Waals surface area contributed by atoms with Gasteiger partial charge in [-0.15, -0.1) is 0 Å². The Bertz CT molecular complexity index is 484. The summed E-state index contributed by atoms with van der Waals surface area (Å²) >= 11 is 0. The van der Waals surface area contributed by atoms with E-state index in [1.165, 1.54) is 44.4 Å². The zero-order chi connectivity index (χ0) is 15.1. The Morgan fingerprint density at radius 3 is 2.81 bits per heavy atom. The molecule has 1 unspecified atom stereocenters. The molecule has 1 aromatic rings. The summed E-state index contributed by atoms with van der Waals surface area (Å²) in [5, 5.41) is 3.54. The smallest absolute Gasteiger partial charge is 0.165 e. The van der Waals surface area contributed by atoms with Crippen LogP contribution in [0.4, 0.5) is 4.39 Å². The molecule has 0 heterocycles. The fraction of sp³-hybridized carbons (Fsp3) is 0.556. The lowest BCUT2D eigenvalue weighted by Crippen LogP contribution is -2.23. The molecule has 1 N–H and O–H groups in total. The van der Waals surface area contributed by atoms with Crippen LogP contribution >= 0.6 is 0 Å². The number of benzene rings is 1. The van der Waals surface area contributed by atoms with Gasteiger partial charge in [-0.25, -0.2) is 4.39 Å². The molecular formula is C18H26FNO. The SMILES string of the molecule is CCNC(/C1=C/CCCCCC1)c1ccc(F)c(OC)c1. The summed E-state index contributed by atoms with van der Waals surface area (Å²) in [6.45, 7) is 3.00. The second-order valence-electron chi connectivity index (χ2n) is 5.62. The predicted molar refractivity (Wildman–Crippen MR) is 85.2 cm³/mol. The Hall–Kier alpha value is -1.35. The average Bonchev–Trinajstić information content (AvgIpc) is 2.46. The highest BCUT2D eigenvalue weighted by atomic mass is 19.1. The van der Waals surface area contributed by atoms with Gasteiger partial charge in [-0.2, -0.15) is 0 Å². The molecule has 0 aliphatic heterocycles. The molecule has 1 aliphatic rings. The Kier molecular flexibility index (Phi) is 6.24. The second kappa shape index (κ2) is 8.18. The quantitative estimate of drug-likeness (QED) is 0.789. The van der Waals surface area contributed by atoms with Gasteiger partial charge in [0.05, 0.1) is 13.2 Å². The van der Waals surface area contributed by atoms with E-state index < -0.39 is 0 Å². The lowest BCUT2D eigenvalue weighted by molar-refractivity contribution is 0.385. The Morgan fingerprint density at radius 1 is 1.24 bits per heavy atom. The number of rotatable bonds is 5. The first-order valence-electron chi connectivity index (χ1n) is 8.02. The molecule has 0 aromatic heterocycles. The van der Waals surface area contributed by atoms with E-state index in [2.05, 4.69) is 18.3 Å². The van der Waals surface area contributed by atoms with Gasteiger partial charge in [0, 0.05) is 0 Å². The molecule has 21 heavy (non-hydrogen) atoms. The van der Waals surface area contributed by atoms with Crippen molar-refractivity contribution in [2.24, 2.45) is 0 Å². The molecule has 0 saturated heterocycles. The van der Waals surface area contributed by atoms with E-state index >= 15 is 0 Å². The van der Waals surface area contributed by atoms with Crippen LogP contribution in [0.1, 0.15) is 57.1 Å². The third-order valence-electron chi connectivity index (χ3n) is 4.11. The van der Waals surface area contributed by atoms with E-state index in [0.717, 1.165) is 24.9 Å². The molecule has 0 bridgehead atoms. The van der Waals surface area contributed by atoms with Crippen LogP contribution in [0.15, 0.2) is 29.8 Å². The minimum Gasteiger partial charge on any atom is -0.494 e. The van der Waals surface area contributed by atoms with Crippen LogP contribution in [0, 0.1) is 5.82 Å². The molecule has 116 valence electrons. The highest BCUT2D eigenvalue weighted by Gasteiger charge is 2.18. The van der Waals surface area contributed by atoms with Crippen molar-refractivity contribution in [1.82, 2.24) is 5.32 Å². The molecule has 2 nitrogen and oxygen atoms in total. The summed E-state index contributed by atoms with van der Waals surface area (Å²) in [4.78, 5) is 0. The van der Waals surface area contributed by atoms with E-state index in [9.17, 15) is 4.39 Å². The maximum atomic E-state index is 13.6. The monoisotopic (exact) mass is 291 g/mol. The average molecular weight is 291 g/mol. The number of ether oxygens (including phenoxy) is 1. The summed E-state index contributed by atoms with van der Waals surface area (Å²) in [5.74, 6) is 0.0185.